The van der Waals surface area contributed by atoms with E-state index in [2.05, 4.69) is 27.4 Å². The number of halogens is 1. The number of hydrogen-bond acceptors (Lipinski definition) is 3. The van der Waals surface area contributed by atoms with Gasteiger partial charge < -0.3 is 20.3 Å². The number of nitrogens with zero attached hydrogens (tertiary/aromatic N) is 2. The lowest BCUT2D eigenvalue weighted by Crippen LogP contribution is -2.42. The molecule has 1 heterocycles. The monoisotopic (exact) mass is 446 g/mol. The Labute approximate surface area is 163 Å². The van der Waals surface area contributed by atoms with E-state index in [1.807, 2.05) is 30.3 Å². The number of likely N-dealkylation sites (tertiary alicyclic amines) is 1. The van der Waals surface area contributed by atoms with Crippen LogP contribution < -0.4 is 15.4 Å². The molecule has 1 aromatic carbocycles. The van der Waals surface area contributed by atoms with Crippen LogP contribution >= 0.6 is 24.0 Å². The van der Waals surface area contributed by atoms with Gasteiger partial charge in [-0.3, -0.25) is 4.99 Å². The summed E-state index contributed by atoms with van der Waals surface area (Å²) >= 11 is 0. The molecular formula is C18H31IN4O. The van der Waals surface area contributed by atoms with Crippen molar-refractivity contribution in [3.8, 4) is 5.75 Å². The lowest BCUT2D eigenvalue weighted by molar-refractivity contribution is 0.287. The summed E-state index contributed by atoms with van der Waals surface area (Å²) in [5, 5.41) is 6.69. The van der Waals surface area contributed by atoms with Crippen LogP contribution in [0.15, 0.2) is 35.3 Å². The largest absolute Gasteiger partial charge is 0.492 e. The zero-order chi connectivity index (χ0) is 16.3. The number of guanidine groups is 1. The summed E-state index contributed by atoms with van der Waals surface area (Å²) in [6.07, 6.45) is 2.70. The molecule has 0 bridgehead atoms. The molecule has 1 aliphatic heterocycles. The minimum Gasteiger partial charge on any atom is -0.492 e. The van der Waals surface area contributed by atoms with Crippen molar-refractivity contribution in [2.75, 3.05) is 46.4 Å². The minimum atomic E-state index is 0. The van der Waals surface area contributed by atoms with Gasteiger partial charge in [-0.15, -0.1) is 24.0 Å². The molecular weight excluding hydrogens is 415 g/mol. The Bertz CT molecular complexity index is 463. The van der Waals surface area contributed by atoms with Crippen molar-refractivity contribution in [1.29, 1.82) is 0 Å². The molecule has 0 amide bonds. The normalized spacial score (nSPS) is 16.3. The van der Waals surface area contributed by atoms with Gasteiger partial charge in [0, 0.05) is 20.1 Å². The van der Waals surface area contributed by atoms with Crippen LogP contribution in [0.1, 0.15) is 19.8 Å². The van der Waals surface area contributed by atoms with Crippen LogP contribution in [0.4, 0.5) is 0 Å². The van der Waals surface area contributed by atoms with Crippen LogP contribution in [0.25, 0.3) is 0 Å². The maximum atomic E-state index is 5.66. The SMILES string of the molecule is CN=C(NCCOc1ccccc1)NCC(C)CN1CCCC1.I. The summed E-state index contributed by atoms with van der Waals surface area (Å²) in [6, 6.07) is 9.87. The molecule has 5 nitrogen and oxygen atoms in total. The number of aliphatic imine (C=N–C) groups is 1. The lowest BCUT2D eigenvalue weighted by Gasteiger charge is -2.21. The van der Waals surface area contributed by atoms with E-state index in [4.69, 9.17) is 4.74 Å². The lowest BCUT2D eigenvalue weighted by atomic mass is 10.1. The van der Waals surface area contributed by atoms with Gasteiger partial charge in [0.05, 0.1) is 6.54 Å². The zero-order valence-electron chi connectivity index (χ0n) is 14.8. The van der Waals surface area contributed by atoms with Crippen molar-refractivity contribution in [2.45, 2.75) is 19.8 Å². The second kappa shape index (κ2) is 12.4. The topological polar surface area (TPSA) is 48.9 Å². The van der Waals surface area contributed by atoms with Gasteiger partial charge in [-0.05, 0) is 44.0 Å². The van der Waals surface area contributed by atoms with Crippen molar-refractivity contribution in [3.05, 3.63) is 30.3 Å². The fourth-order valence-corrected chi connectivity index (χ4v) is 2.82. The van der Waals surface area contributed by atoms with Gasteiger partial charge in [0.25, 0.3) is 0 Å². The Kier molecular flexibility index (Phi) is 10.8. The van der Waals surface area contributed by atoms with Crippen molar-refractivity contribution in [3.63, 3.8) is 0 Å². The van der Waals surface area contributed by atoms with Gasteiger partial charge in [-0.1, -0.05) is 25.1 Å². The summed E-state index contributed by atoms with van der Waals surface area (Å²) in [5.41, 5.74) is 0. The Morgan fingerprint density at radius 1 is 1.21 bits per heavy atom. The predicted octanol–water partition coefficient (Wildman–Crippen LogP) is 2.58. The van der Waals surface area contributed by atoms with Gasteiger partial charge in [0.1, 0.15) is 12.4 Å². The average molecular weight is 446 g/mol. The number of nitrogens with one attached hydrogen (secondary N) is 2. The molecule has 1 fully saturated rings. The van der Waals surface area contributed by atoms with Gasteiger partial charge in [0.15, 0.2) is 5.96 Å². The summed E-state index contributed by atoms with van der Waals surface area (Å²) < 4.78 is 5.66. The fraction of sp³-hybridized carbons (Fsp3) is 0.611. The van der Waals surface area contributed by atoms with Crippen LogP contribution in [0.2, 0.25) is 0 Å². The van der Waals surface area contributed by atoms with E-state index in [1.165, 1.54) is 32.5 Å². The Balaban J connectivity index is 0.00000288. The third-order valence-corrected chi connectivity index (χ3v) is 4.02. The molecule has 24 heavy (non-hydrogen) atoms. The highest BCUT2D eigenvalue weighted by atomic mass is 127. The predicted molar refractivity (Wildman–Crippen MR) is 112 cm³/mol. The van der Waals surface area contributed by atoms with E-state index in [0.717, 1.165) is 24.8 Å². The molecule has 1 aromatic rings. The van der Waals surface area contributed by atoms with E-state index in [1.54, 1.807) is 7.05 Å². The average Bonchev–Trinajstić information content (AvgIpc) is 3.08. The first kappa shape index (κ1) is 21.0. The molecule has 2 rings (SSSR count). The first-order chi connectivity index (χ1) is 11.3. The van der Waals surface area contributed by atoms with E-state index in [0.29, 0.717) is 12.5 Å². The summed E-state index contributed by atoms with van der Waals surface area (Å²) in [7, 11) is 1.80. The van der Waals surface area contributed by atoms with Gasteiger partial charge in [0.2, 0.25) is 0 Å². The quantitative estimate of drug-likeness (QED) is 0.279. The second-order valence-electron chi connectivity index (χ2n) is 6.15. The van der Waals surface area contributed by atoms with E-state index in [-0.39, 0.29) is 24.0 Å². The van der Waals surface area contributed by atoms with Crippen molar-refractivity contribution in [1.82, 2.24) is 15.5 Å². The third kappa shape index (κ3) is 8.19. The van der Waals surface area contributed by atoms with Gasteiger partial charge >= 0.3 is 0 Å². The van der Waals surface area contributed by atoms with Crippen LogP contribution in [0, 0.1) is 5.92 Å². The molecule has 0 aliphatic carbocycles. The highest BCUT2D eigenvalue weighted by Gasteiger charge is 2.14. The number of hydrogen-bond donors (Lipinski definition) is 2. The zero-order valence-corrected chi connectivity index (χ0v) is 17.2. The number of benzene rings is 1. The van der Waals surface area contributed by atoms with Crippen LogP contribution in [0.5, 0.6) is 5.75 Å². The molecule has 136 valence electrons. The third-order valence-electron chi connectivity index (χ3n) is 4.02. The van der Waals surface area contributed by atoms with Gasteiger partial charge in [-0.2, -0.15) is 0 Å². The van der Waals surface area contributed by atoms with E-state index < -0.39 is 0 Å². The molecule has 1 unspecified atom stereocenters. The fourth-order valence-electron chi connectivity index (χ4n) is 2.82. The number of ether oxygens (including phenoxy) is 1. The molecule has 0 radical (unpaired) electrons. The van der Waals surface area contributed by atoms with Crippen LogP contribution in [0.3, 0.4) is 0 Å². The maximum absolute atomic E-state index is 5.66. The smallest absolute Gasteiger partial charge is 0.191 e. The Morgan fingerprint density at radius 2 is 1.92 bits per heavy atom. The molecule has 1 saturated heterocycles. The van der Waals surface area contributed by atoms with Crippen molar-refractivity contribution >= 4 is 29.9 Å². The number of rotatable bonds is 8. The van der Waals surface area contributed by atoms with E-state index in [9.17, 15) is 0 Å². The van der Waals surface area contributed by atoms with Crippen LogP contribution in [-0.4, -0.2) is 57.2 Å². The Hall–Kier alpha value is -1.02. The van der Waals surface area contributed by atoms with Crippen molar-refractivity contribution < 1.29 is 4.74 Å². The second-order valence-corrected chi connectivity index (χ2v) is 6.15. The summed E-state index contributed by atoms with van der Waals surface area (Å²) in [6.45, 7) is 8.26. The van der Waals surface area contributed by atoms with E-state index >= 15 is 0 Å². The summed E-state index contributed by atoms with van der Waals surface area (Å²) in [4.78, 5) is 6.81. The molecule has 1 atom stereocenters. The maximum Gasteiger partial charge on any atom is 0.191 e. The molecule has 6 heteroatoms. The number of para-hydroxylation sites is 1. The highest BCUT2D eigenvalue weighted by Crippen LogP contribution is 2.09. The standard InChI is InChI=1S/C18H30N4O.HI/c1-16(15-22-11-6-7-12-22)14-21-18(19-2)20-10-13-23-17-8-4-3-5-9-17;/h3-5,8-9,16H,6-7,10-15H2,1-2H3,(H2,19,20,21);1H. The van der Waals surface area contributed by atoms with Crippen molar-refractivity contribution in [2.24, 2.45) is 10.9 Å². The Morgan fingerprint density at radius 3 is 2.58 bits per heavy atom. The first-order valence-corrected chi connectivity index (χ1v) is 8.62. The van der Waals surface area contributed by atoms with Crippen LogP contribution in [-0.2, 0) is 0 Å². The van der Waals surface area contributed by atoms with Gasteiger partial charge in [-0.25, -0.2) is 0 Å². The first-order valence-electron chi connectivity index (χ1n) is 8.62. The molecule has 0 spiro atoms. The highest BCUT2D eigenvalue weighted by molar-refractivity contribution is 14.0. The molecule has 0 aromatic heterocycles. The summed E-state index contributed by atoms with van der Waals surface area (Å²) in [5.74, 6) is 2.36. The molecule has 2 N–H and O–H groups in total. The minimum absolute atomic E-state index is 0. The molecule has 1 aliphatic rings. The molecule has 0 saturated carbocycles.